The van der Waals surface area contributed by atoms with Crippen molar-refractivity contribution in [1.82, 2.24) is 19.8 Å². The lowest BCUT2D eigenvalue weighted by atomic mass is 9.93. The molecule has 1 saturated heterocycles. The van der Waals surface area contributed by atoms with Crippen LogP contribution in [0.15, 0.2) is 48.0 Å². The Balaban J connectivity index is 1.62. The standard InChI is InChI=1S/C19H27N5O/c1-15-8-10-23(13-18(15)24-11-9-21-14-24)19(20-2)22-12-16-4-6-17(25-3)7-5-16/h4-7,9,11,14-15,18H,8,10,12-13H2,1-3H3,(H,20,22). The van der Waals surface area contributed by atoms with Gasteiger partial charge in [0, 0.05) is 39.1 Å². The summed E-state index contributed by atoms with van der Waals surface area (Å²) < 4.78 is 7.42. The molecule has 1 aromatic carbocycles. The highest BCUT2D eigenvalue weighted by Gasteiger charge is 2.28. The van der Waals surface area contributed by atoms with E-state index in [2.05, 4.69) is 50.0 Å². The molecule has 1 aliphatic heterocycles. The van der Waals surface area contributed by atoms with Gasteiger partial charge in [-0.1, -0.05) is 19.1 Å². The Hall–Kier alpha value is -2.50. The van der Waals surface area contributed by atoms with Crippen molar-refractivity contribution < 1.29 is 4.74 Å². The van der Waals surface area contributed by atoms with Crippen molar-refractivity contribution in [2.45, 2.75) is 25.9 Å². The lowest BCUT2D eigenvalue weighted by Gasteiger charge is -2.39. The minimum absolute atomic E-state index is 0.427. The zero-order valence-electron chi connectivity index (χ0n) is 15.2. The quantitative estimate of drug-likeness (QED) is 0.686. The van der Waals surface area contributed by atoms with Gasteiger partial charge in [-0.15, -0.1) is 0 Å². The maximum Gasteiger partial charge on any atom is 0.193 e. The monoisotopic (exact) mass is 341 g/mol. The number of aliphatic imine (C=N–C) groups is 1. The summed E-state index contributed by atoms with van der Waals surface area (Å²) in [4.78, 5) is 11.0. The summed E-state index contributed by atoms with van der Waals surface area (Å²) in [6, 6.07) is 8.54. The van der Waals surface area contributed by atoms with E-state index < -0.39 is 0 Å². The first-order chi connectivity index (χ1) is 12.2. The normalized spacial score (nSPS) is 21.2. The van der Waals surface area contributed by atoms with Gasteiger partial charge >= 0.3 is 0 Å². The van der Waals surface area contributed by atoms with E-state index in [0.29, 0.717) is 12.0 Å². The molecule has 0 amide bonds. The largest absolute Gasteiger partial charge is 0.497 e. The van der Waals surface area contributed by atoms with Crippen molar-refractivity contribution >= 4 is 5.96 Å². The van der Waals surface area contributed by atoms with Crippen molar-refractivity contribution in [3.63, 3.8) is 0 Å². The predicted molar refractivity (Wildman–Crippen MR) is 99.8 cm³/mol. The maximum atomic E-state index is 5.21. The van der Waals surface area contributed by atoms with E-state index in [1.54, 1.807) is 7.11 Å². The Bertz CT molecular complexity index is 680. The van der Waals surface area contributed by atoms with Crippen LogP contribution < -0.4 is 10.1 Å². The van der Waals surface area contributed by atoms with E-state index in [1.165, 1.54) is 5.56 Å². The highest BCUT2D eigenvalue weighted by Crippen LogP contribution is 2.27. The molecule has 2 atom stereocenters. The Kier molecular flexibility index (Phi) is 5.58. The fourth-order valence-electron chi connectivity index (χ4n) is 3.35. The molecule has 0 aliphatic carbocycles. The van der Waals surface area contributed by atoms with E-state index in [1.807, 2.05) is 31.7 Å². The van der Waals surface area contributed by atoms with Gasteiger partial charge < -0.3 is 19.5 Å². The van der Waals surface area contributed by atoms with Crippen LogP contribution in [0.2, 0.25) is 0 Å². The topological polar surface area (TPSA) is 54.7 Å². The highest BCUT2D eigenvalue weighted by atomic mass is 16.5. The molecule has 134 valence electrons. The summed E-state index contributed by atoms with van der Waals surface area (Å²) in [5.74, 6) is 2.46. The summed E-state index contributed by atoms with van der Waals surface area (Å²) in [6.45, 7) is 5.03. The van der Waals surface area contributed by atoms with Gasteiger partial charge in [-0.3, -0.25) is 4.99 Å². The Morgan fingerprint density at radius 3 is 2.80 bits per heavy atom. The average Bonchev–Trinajstić information content (AvgIpc) is 3.18. The zero-order chi connectivity index (χ0) is 17.6. The summed E-state index contributed by atoms with van der Waals surface area (Å²) in [6.07, 6.45) is 6.96. The molecule has 6 heteroatoms. The number of methoxy groups -OCH3 is 1. The molecule has 1 N–H and O–H groups in total. The van der Waals surface area contributed by atoms with Crippen LogP contribution in [0.3, 0.4) is 0 Å². The van der Waals surface area contributed by atoms with Gasteiger partial charge in [-0.05, 0) is 30.0 Å². The van der Waals surface area contributed by atoms with Crippen LogP contribution >= 0.6 is 0 Å². The van der Waals surface area contributed by atoms with Crippen molar-refractivity contribution in [2.75, 3.05) is 27.2 Å². The molecule has 0 radical (unpaired) electrons. The number of aromatic nitrogens is 2. The zero-order valence-corrected chi connectivity index (χ0v) is 15.2. The molecule has 0 spiro atoms. The molecule has 6 nitrogen and oxygen atoms in total. The molecule has 2 heterocycles. The Morgan fingerprint density at radius 2 is 2.16 bits per heavy atom. The van der Waals surface area contributed by atoms with Crippen LogP contribution in [0.1, 0.15) is 24.9 Å². The van der Waals surface area contributed by atoms with Gasteiger partial charge in [-0.2, -0.15) is 0 Å². The second kappa shape index (κ2) is 8.05. The van der Waals surface area contributed by atoms with E-state index >= 15 is 0 Å². The first-order valence-corrected chi connectivity index (χ1v) is 8.77. The number of hydrogen-bond donors (Lipinski definition) is 1. The summed E-state index contributed by atoms with van der Waals surface area (Å²) >= 11 is 0. The first-order valence-electron chi connectivity index (χ1n) is 8.77. The van der Waals surface area contributed by atoms with Crippen molar-refractivity contribution in [3.05, 3.63) is 48.5 Å². The lowest BCUT2D eigenvalue weighted by molar-refractivity contribution is 0.189. The molecule has 2 aromatic rings. The number of guanidine groups is 1. The SMILES string of the molecule is CN=C(NCc1ccc(OC)cc1)N1CCC(C)C(n2ccnc2)C1. The van der Waals surface area contributed by atoms with Gasteiger partial charge in [0.15, 0.2) is 5.96 Å². The summed E-state index contributed by atoms with van der Waals surface area (Å²) in [7, 11) is 3.53. The number of benzene rings is 1. The molecular weight excluding hydrogens is 314 g/mol. The highest BCUT2D eigenvalue weighted by molar-refractivity contribution is 5.80. The van der Waals surface area contributed by atoms with Crippen molar-refractivity contribution in [3.8, 4) is 5.75 Å². The third kappa shape index (κ3) is 4.13. The molecule has 0 bridgehead atoms. The third-order valence-electron chi connectivity index (χ3n) is 4.95. The molecule has 2 unspecified atom stereocenters. The van der Waals surface area contributed by atoms with E-state index in [0.717, 1.165) is 37.8 Å². The number of rotatable bonds is 4. The minimum atomic E-state index is 0.427. The number of piperidine rings is 1. The summed E-state index contributed by atoms with van der Waals surface area (Å²) in [5.41, 5.74) is 1.21. The van der Waals surface area contributed by atoms with Gasteiger partial charge in [0.1, 0.15) is 5.75 Å². The molecule has 3 rings (SSSR count). The Labute approximate surface area is 149 Å². The number of nitrogens with zero attached hydrogens (tertiary/aromatic N) is 4. The number of likely N-dealkylation sites (tertiary alicyclic amines) is 1. The molecule has 0 saturated carbocycles. The maximum absolute atomic E-state index is 5.21. The van der Waals surface area contributed by atoms with Crippen LogP contribution in [-0.2, 0) is 6.54 Å². The number of hydrogen-bond acceptors (Lipinski definition) is 3. The van der Waals surface area contributed by atoms with E-state index in [4.69, 9.17) is 4.74 Å². The van der Waals surface area contributed by atoms with Crippen LogP contribution in [0.5, 0.6) is 5.75 Å². The fourth-order valence-corrected chi connectivity index (χ4v) is 3.35. The minimum Gasteiger partial charge on any atom is -0.497 e. The van der Waals surface area contributed by atoms with Crippen LogP contribution in [0.25, 0.3) is 0 Å². The van der Waals surface area contributed by atoms with Crippen molar-refractivity contribution in [2.24, 2.45) is 10.9 Å². The second-order valence-electron chi connectivity index (χ2n) is 6.54. The molecule has 25 heavy (non-hydrogen) atoms. The van der Waals surface area contributed by atoms with Gasteiger partial charge in [-0.25, -0.2) is 4.98 Å². The van der Waals surface area contributed by atoms with Crippen LogP contribution in [0, 0.1) is 5.92 Å². The first kappa shape index (κ1) is 17.3. The fraction of sp³-hybridized carbons (Fsp3) is 0.474. The van der Waals surface area contributed by atoms with Gasteiger partial charge in [0.2, 0.25) is 0 Å². The number of ether oxygens (including phenoxy) is 1. The molecular formula is C19H27N5O. The van der Waals surface area contributed by atoms with Crippen LogP contribution in [0.4, 0.5) is 0 Å². The lowest BCUT2D eigenvalue weighted by Crippen LogP contribution is -2.48. The molecule has 1 fully saturated rings. The predicted octanol–water partition coefficient (Wildman–Crippen LogP) is 2.55. The number of imidazole rings is 1. The van der Waals surface area contributed by atoms with Gasteiger partial charge in [0.25, 0.3) is 0 Å². The smallest absolute Gasteiger partial charge is 0.193 e. The van der Waals surface area contributed by atoms with Gasteiger partial charge in [0.05, 0.1) is 19.5 Å². The third-order valence-corrected chi connectivity index (χ3v) is 4.95. The van der Waals surface area contributed by atoms with E-state index in [9.17, 15) is 0 Å². The number of nitrogens with one attached hydrogen (secondary N) is 1. The molecule has 1 aromatic heterocycles. The second-order valence-corrected chi connectivity index (χ2v) is 6.54. The van der Waals surface area contributed by atoms with E-state index in [-0.39, 0.29) is 0 Å². The molecule has 1 aliphatic rings. The summed E-state index contributed by atoms with van der Waals surface area (Å²) in [5, 5.41) is 3.48. The van der Waals surface area contributed by atoms with Crippen LogP contribution in [-0.4, -0.2) is 47.7 Å². The average molecular weight is 341 g/mol. The van der Waals surface area contributed by atoms with Crippen molar-refractivity contribution in [1.29, 1.82) is 0 Å². The Morgan fingerprint density at radius 1 is 1.36 bits per heavy atom.